The lowest BCUT2D eigenvalue weighted by Crippen LogP contribution is -2.21. The van der Waals surface area contributed by atoms with Crippen LogP contribution in [0.1, 0.15) is 30.5 Å². The van der Waals surface area contributed by atoms with Crippen molar-refractivity contribution in [3.63, 3.8) is 0 Å². The molecule has 0 fully saturated rings. The van der Waals surface area contributed by atoms with Crippen molar-refractivity contribution in [1.29, 1.82) is 0 Å². The third-order valence-corrected chi connectivity index (χ3v) is 2.50. The molecule has 1 aromatic carbocycles. The van der Waals surface area contributed by atoms with E-state index in [1.807, 2.05) is 18.2 Å². The van der Waals surface area contributed by atoms with E-state index in [1.165, 1.54) is 0 Å². The second-order valence-electron chi connectivity index (χ2n) is 4.00. The summed E-state index contributed by atoms with van der Waals surface area (Å²) in [6, 6.07) is 5.74. The Balaban J connectivity index is 2.94. The number of ether oxygens (including phenoxy) is 2. The maximum Gasteiger partial charge on any atom is 0.124 e. The number of benzene rings is 1. The molecule has 4 nitrogen and oxygen atoms in total. The van der Waals surface area contributed by atoms with Crippen molar-refractivity contribution >= 4 is 0 Å². The van der Waals surface area contributed by atoms with E-state index in [0.29, 0.717) is 19.8 Å². The maximum absolute atomic E-state index is 5.99. The van der Waals surface area contributed by atoms with E-state index < -0.39 is 0 Å². The molecule has 0 aliphatic carbocycles. The van der Waals surface area contributed by atoms with Crippen molar-refractivity contribution in [2.75, 3.05) is 20.3 Å². The van der Waals surface area contributed by atoms with E-state index in [0.717, 1.165) is 23.3 Å². The highest BCUT2D eigenvalue weighted by Gasteiger charge is 2.11. The average Bonchev–Trinajstić information content (AvgIpc) is 2.36. The van der Waals surface area contributed by atoms with Gasteiger partial charge in [-0.1, -0.05) is 13.0 Å². The first-order valence-electron chi connectivity index (χ1n) is 5.93. The molecular formula is C13H22N2O2. The Labute approximate surface area is 103 Å². The van der Waals surface area contributed by atoms with Crippen LogP contribution in [0.4, 0.5) is 0 Å². The van der Waals surface area contributed by atoms with Gasteiger partial charge in [-0.2, -0.15) is 0 Å². The summed E-state index contributed by atoms with van der Waals surface area (Å²) in [5, 5.41) is 0. The van der Waals surface area contributed by atoms with Crippen LogP contribution in [0.5, 0.6) is 5.75 Å². The van der Waals surface area contributed by atoms with E-state index in [1.54, 1.807) is 7.11 Å². The van der Waals surface area contributed by atoms with Crippen LogP contribution in [-0.2, 0) is 11.3 Å². The topological polar surface area (TPSA) is 70.5 Å². The van der Waals surface area contributed by atoms with Crippen LogP contribution in [0.25, 0.3) is 0 Å². The van der Waals surface area contributed by atoms with Gasteiger partial charge in [0.15, 0.2) is 0 Å². The van der Waals surface area contributed by atoms with Gasteiger partial charge in [-0.15, -0.1) is 0 Å². The molecule has 1 atom stereocenters. The number of nitrogens with two attached hydrogens (primary N) is 2. The molecular weight excluding hydrogens is 216 g/mol. The predicted octanol–water partition coefficient (Wildman–Crippen LogP) is 1.58. The number of rotatable bonds is 7. The lowest BCUT2D eigenvalue weighted by Gasteiger charge is -2.16. The molecule has 0 amide bonds. The number of methoxy groups -OCH3 is 1. The molecule has 0 saturated carbocycles. The molecule has 0 aromatic heterocycles. The first kappa shape index (κ1) is 14.0. The molecule has 1 unspecified atom stereocenters. The number of hydrogen-bond acceptors (Lipinski definition) is 4. The Kier molecular flexibility index (Phi) is 5.97. The van der Waals surface area contributed by atoms with Gasteiger partial charge in [0, 0.05) is 25.3 Å². The van der Waals surface area contributed by atoms with Gasteiger partial charge in [0.25, 0.3) is 0 Å². The van der Waals surface area contributed by atoms with Gasteiger partial charge in [0.05, 0.1) is 13.2 Å². The Morgan fingerprint density at radius 2 is 2.12 bits per heavy atom. The standard InChI is InChI=1S/C13H22N2O2/c1-3-6-17-13-5-4-10(9-16-2)7-11(13)12(15)8-14/h4-5,7,12H,3,6,8-9,14-15H2,1-2H3. The highest BCUT2D eigenvalue weighted by atomic mass is 16.5. The van der Waals surface area contributed by atoms with E-state index in [9.17, 15) is 0 Å². The average molecular weight is 238 g/mol. The molecule has 1 aromatic rings. The highest BCUT2D eigenvalue weighted by Crippen LogP contribution is 2.25. The summed E-state index contributed by atoms with van der Waals surface area (Å²) < 4.78 is 10.8. The third-order valence-electron chi connectivity index (χ3n) is 2.50. The van der Waals surface area contributed by atoms with Crippen molar-refractivity contribution in [3.05, 3.63) is 29.3 Å². The Bertz CT molecular complexity index is 342. The summed E-state index contributed by atoms with van der Waals surface area (Å²) in [5.41, 5.74) is 13.6. The van der Waals surface area contributed by atoms with Gasteiger partial charge in [-0.25, -0.2) is 0 Å². The van der Waals surface area contributed by atoms with Crippen LogP contribution in [-0.4, -0.2) is 20.3 Å². The Hall–Kier alpha value is -1.10. The molecule has 17 heavy (non-hydrogen) atoms. The molecule has 0 spiro atoms. The molecule has 4 N–H and O–H groups in total. The van der Waals surface area contributed by atoms with Crippen LogP contribution >= 0.6 is 0 Å². The van der Waals surface area contributed by atoms with E-state index in [4.69, 9.17) is 20.9 Å². The highest BCUT2D eigenvalue weighted by molar-refractivity contribution is 5.39. The summed E-state index contributed by atoms with van der Waals surface area (Å²) in [7, 11) is 1.67. The second-order valence-corrected chi connectivity index (χ2v) is 4.00. The zero-order chi connectivity index (χ0) is 12.7. The van der Waals surface area contributed by atoms with Crippen LogP contribution in [0.15, 0.2) is 18.2 Å². The fourth-order valence-corrected chi connectivity index (χ4v) is 1.61. The van der Waals surface area contributed by atoms with Gasteiger partial charge in [-0.05, 0) is 24.1 Å². The Morgan fingerprint density at radius 3 is 2.71 bits per heavy atom. The van der Waals surface area contributed by atoms with Gasteiger partial charge in [0.2, 0.25) is 0 Å². The van der Waals surface area contributed by atoms with Gasteiger partial charge >= 0.3 is 0 Å². The first-order valence-corrected chi connectivity index (χ1v) is 5.93. The van der Waals surface area contributed by atoms with Crippen molar-refractivity contribution in [1.82, 2.24) is 0 Å². The minimum atomic E-state index is -0.196. The predicted molar refractivity (Wildman–Crippen MR) is 68.9 cm³/mol. The second kappa shape index (κ2) is 7.27. The minimum Gasteiger partial charge on any atom is -0.493 e. The molecule has 0 radical (unpaired) electrons. The quantitative estimate of drug-likeness (QED) is 0.756. The summed E-state index contributed by atoms with van der Waals surface area (Å²) >= 11 is 0. The zero-order valence-electron chi connectivity index (χ0n) is 10.6. The van der Waals surface area contributed by atoms with Crippen LogP contribution < -0.4 is 16.2 Å². The van der Waals surface area contributed by atoms with Crippen molar-refractivity contribution < 1.29 is 9.47 Å². The van der Waals surface area contributed by atoms with Crippen LogP contribution in [0, 0.1) is 0 Å². The smallest absolute Gasteiger partial charge is 0.124 e. The van der Waals surface area contributed by atoms with E-state index >= 15 is 0 Å². The van der Waals surface area contributed by atoms with Crippen molar-refractivity contribution in [2.45, 2.75) is 26.0 Å². The largest absolute Gasteiger partial charge is 0.493 e. The molecule has 0 heterocycles. The van der Waals surface area contributed by atoms with Crippen molar-refractivity contribution in [2.24, 2.45) is 11.5 Å². The van der Waals surface area contributed by atoms with E-state index in [-0.39, 0.29) is 6.04 Å². The summed E-state index contributed by atoms with van der Waals surface area (Å²) in [4.78, 5) is 0. The molecule has 0 aliphatic rings. The van der Waals surface area contributed by atoms with Gasteiger partial charge < -0.3 is 20.9 Å². The van der Waals surface area contributed by atoms with Crippen LogP contribution in [0.2, 0.25) is 0 Å². The maximum atomic E-state index is 5.99. The fraction of sp³-hybridized carbons (Fsp3) is 0.538. The summed E-state index contributed by atoms with van der Waals surface area (Å²) in [5.74, 6) is 0.824. The first-order chi connectivity index (χ1) is 8.22. The number of hydrogen-bond donors (Lipinski definition) is 2. The zero-order valence-corrected chi connectivity index (χ0v) is 10.6. The third kappa shape index (κ3) is 4.00. The lowest BCUT2D eigenvalue weighted by molar-refractivity contribution is 0.184. The summed E-state index contributed by atoms with van der Waals surface area (Å²) in [6.07, 6.45) is 0.969. The van der Waals surface area contributed by atoms with E-state index in [2.05, 4.69) is 6.92 Å². The minimum absolute atomic E-state index is 0.196. The molecule has 96 valence electrons. The molecule has 4 heteroatoms. The SMILES string of the molecule is CCCOc1ccc(COC)cc1C(N)CN. The summed E-state index contributed by atoms with van der Waals surface area (Å²) in [6.45, 7) is 3.73. The normalized spacial score (nSPS) is 12.5. The molecule has 0 bridgehead atoms. The molecule has 0 aliphatic heterocycles. The van der Waals surface area contributed by atoms with Crippen molar-refractivity contribution in [3.8, 4) is 5.75 Å². The molecule has 0 saturated heterocycles. The van der Waals surface area contributed by atoms with Crippen LogP contribution in [0.3, 0.4) is 0 Å². The monoisotopic (exact) mass is 238 g/mol. The Morgan fingerprint density at radius 1 is 1.35 bits per heavy atom. The van der Waals surface area contributed by atoms with Gasteiger partial charge in [-0.3, -0.25) is 0 Å². The van der Waals surface area contributed by atoms with Gasteiger partial charge in [0.1, 0.15) is 5.75 Å². The molecule has 1 rings (SSSR count). The lowest BCUT2D eigenvalue weighted by atomic mass is 10.0. The fourth-order valence-electron chi connectivity index (χ4n) is 1.61.